The van der Waals surface area contributed by atoms with Gasteiger partial charge in [0, 0.05) is 0 Å². The molecule has 38 heavy (non-hydrogen) atoms. The molecule has 1 amide bonds. The number of nitrogens with one attached hydrogen (secondary N) is 1. The van der Waals surface area contributed by atoms with Gasteiger partial charge in [-0.3, -0.25) is 4.79 Å². The fraction of sp³-hybridized carbons (Fsp3) is 0.500. The van der Waals surface area contributed by atoms with Crippen LogP contribution in [0.25, 0.3) is 0 Å². The number of rotatable bonds is 12. The van der Waals surface area contributed by atoms with Crippen LogP contribution in [-0.2, 0) is 20.7 Å². The zero-order valence-electron chi connectivity index (χ0n) is 20.7. The minimum Gasteiger partial charge on any atom is -0.457 e. The minimum absolute atomic E-state index is 0.0976. The highest BCUT2D eigenvalue weighted by atomic mass is 19.1. The maximum absolute atomic E-state index is 14.0. The SMILES string of the molecule is CC[C@@H](O)[C@@H](O)[C@H](CO[C@H]1OC(CO)[C@@H](F)[C@H](O)C1O)NC(=O)Cc1ccc(Oc2ccc(F)cc2)cc1. The number of halogens is 2. The Hall–Kier alpha value is -2.71. The molecule has 6 N–H and O–H groups in total. The normalized spacial score (nSPS) is 25.8. The van der Waals surface area contributed by atoms with Crippen LogP contribution in [-0.4, -0.2) is 93.7 Å². The van der Waals surface area contributed by atoms with Crippen LogP contribution in [0.2, 0.25) is 0 Å². The Morgan fingerprint density at radius 3 is 2.24 bits per heavy atom. The third-order valence-electron chi connectivity index (χ3n) is 6.15. The third-order valence-corrected chi connectivity index (χ3v) is 6.15. The molecule has 1 heterocycles. The zero-order valence-corrected chi connectivity index (χ0v) is 20.7. The molecule has 0 spiro atoms. The quantitative estimate of drug-likeness (QED) is 0.226. The lowest BCUT2D eigenvalue weighted by Crippen LogP contribution is -2.59. The first kappa shape index (κ1) is 29.8. The first-order valence-electron chi connectivity index (χ1n) is 12.2. The molecule has 0 saturated carbocycles. The van der Waals surface area contributed by atoms with Gasteiger partial charge < -0.3 is 45.1 Å². The van der Waals surface area contributed by atoms with Crippen LogP contribution in [0.3, 0.4) is 0 Å². The van der Waals surface area contributed by atoms with Crippen molar-refractivity contribution in [3.8, 4) is 11.5 Å². The summed E-state index contributed by atoms with van der Waals surface area (Å²) in [5.41, 5.74) is 0.605. The van der Waals surface area contributed by atoms with Gasteiger partial charge in [-0.1, -0.05) is 19.1 Å². The molecule has 0 aromatic heterocycles. The Balaban J connectivity index is 1.60. The largest absolute Gasteiger partial charge is 0.457 e. The summed E-state index contributed by atoms with van der Waals surface area (Å²) in [7, 11) is 0. The number of amides is 1. The Kier molecular flexibility index (Phi) is 10.9. The predicted octanol–water partition coefficient (Wildman–Crippen LogP) is 0.571. The van der Waals surface area contributed by atoms with Crippen molar-refractivity contribution in [2.75, 3.05) is 13.2 Å². The van der Waals surface area contributed by atoms with E-state index in [0.717, 1.165) is 0 Å². The molecule has 210 valence electrons. The van der Waals surface area contributed by atoms with Gasteiger partial charge in [-0.2, -0.15) is 0 Å². The molecule has 0 bridgehead atoms. The van der Waals surface area contributed by atoms with Crippen molar-refractivity contribution < 1.29 is 53.3 Å². The maximum atomic E-state index is 14.0. The topological polar surface area (TPSA) is 158 Å². The molecule has 1 aliphatic rings. The number of carbonyl (C=O) groups is 1. The van der Waals surface area contributed by atoms with Crippen molar-refractivity contribution in [2.45, 2.75) is 68.8 Å². The molecule has 1 fully saturated rings. The molecule has 12 heteroatoms. The second kappa shape index (κ2) is 13.9. The second-order valence-electron chi connectivity index (χ2n) is 9.00. The van der Waals surface area contributed by atoms with Gasteiger partial charge in [0.1, 0.15) is 41.7 Å². The van der Waals surface area contributed by atoms with E-state index in [4.69, 9.17) is 14.2 Å². The van der Waals surface area contributed by atoms with Crippen molar-refractivity contribution in [1.29, 1.82) is 0 Å². The number of benzene rings is 2. The van der Waals surface area contributed by atoms with Crippen molar-refractivity contribution in [3.63, 3.8) is 0 Å². The number of hydrogen-bond donors (Lipinski definition) is 6. The lowest BCUT2D eigenvalue weighted by atomic mass is 10.0. The standard InChI is InChI=1S/C26H33F2NO9/c1-2-19(31)23(33)18(13-36-26-25(35)24(34)22(28)20(12-30)38-26)29-21(32)11-14-3-7-16(8-4-14)37-17-9-5-15(27)6-10-17/h3-10,18-20,22-26,30-31,33-35H,2,11-13H2,1H3,(H,29,32)/t18-,19+,20?,22+,23-,24-,25?,26-/m0/s1. The van der Waals surface area contributed by atoms with Crippen LogP contribution < -0.4 is 10.1 Å². The Morgan fingerprint density at radius 1 is 1.05 bits per heavy atom. The first-order chi connectivity index (χ1) is 18.1. The molecule has 8 atom stereocenters. The van der Waals surface area contributed by atoms with Crippen LogP contribution in [0.4, 0.5) is 8.78 Å². The number of carbonyl (C=O) groups excluding carboxylic acids is 1. The number of hydrogen-bond acceptors (Lipinski definition) is 9. The average Bonchev–Trinajstić information content (AvgIpc) is 2.92. The Bertz CT molecular complexity index is 1010. The summed E-state index contributed by atoms with van der Waals surface area (Å²) < 4.78 is 43.2. The first-order valence-corrected chi connectivity index (χ1v) is 12.2. The fourth-order valence-electron chi connectivity index (χ4n) is 3.87. The molecule has 1 aliphatic heterocycles. The molecular weight excluding hydrogens is 508 g/mol. The van der Waals surface area contributed by atoms with Gasteiger partial charge in [0.05, 0.1) is 31.8 Å². The van der Waals surface area contributed by atoms with E-state index in [2.05, 4.69) is 5.32 Å². The van der Waals surface area contributed by atoms with Gasteiger partial charge >= 0.3 is 0 Å². The van der Waals surface area contributed by atoms with Crippen LogP contribution in [0.15, 0.2) is 48.5 Å². The van der Waals surface area contributed by atoms with E-state index in [1.54, 1.807) is 31.2 Å². The lowest BCUT2D eigenvalue weighted by Gasteiger charge is -2.39. The van der Waals surface area contributed by atoms with Gasteiger partial charge in [-0.05, 0) is 48.4 Å². The summed E-state index contributed by atoms with van der Waals surface area (Å²) >= 11 is 0. The summed E-state index contributed by atoms with van der Waals surface area (Å²) in [6, 6.07) is 10.9. The average molecular weight is 542 g/mol. The highest BCUT2D eigenvalue weighted by Crippen LogP contribution is 2.25. The number of ether oxygens (including phenoxy) is 3. The molecule has 0 aliphatic carbocycles. The van der Waals surface area contributed by atoms with Gasteiger partial charge in [-0.25, -0.2) is 8.78 Å². The van der Waals surface area contributed by atoms with Crippen molar-refractivity contribution >= 4 is 5.91 Å². The lowest BCUT2D eigenvalue weighted by molar-refractivity contribution is -0.293. The van der Waals surface area contributed by atoms with E-state index >= 15 is 0 Å². The smallest absolute Gasteiger partial charge is 0.224 e. The Morgan fingerprint density at radius 2 is 1.66 bits per heavy atom. The van der Waals surface area contributed by atoms with Crippen LogP contribution in [0.5, 0.6) is 11.5 Å². The Labute approximate surface area is 218 Å². The van der Waals surface area contributed by atoms with Crippen LogP contribution in [0, 0.1) is 5.82 Å². The fourth-order valence-corrected chi connectivity index (χ4v) is 3.87. The van der Waals surface area contributed by atoms with E-state index < -0.39 is 68.1 Å². The van der Waals surface area contributed by atoms with Gasteiger partial charge in [0.15, 0.2) is 12.5 Å². The molecule has 2 aromatic rings. The van der Waals surface area contributed by atoms with Gasteiger partial charge in [0.25, 0.3) is 0 Å². The van der Waals surface area contributed by atoms with Gasteiger partial charge in [-0.15, -0.1) is 0 Å². The van der Waals surface area contributed by atoms with Crippen LogP contribution in [0.1, 0.15) is 18.9 Å². The molecule has 2 unspecified atom stereocenters. The van der Waals surface area contributed by atoms with Crippen molar-refractivity contribution in [3.05, 3.63) is 59.9 Å². The zero-order chi connectivity index (χ0) is 27.8. The monoisotopic (exact) mass is 541 g/mol. The number of aliphatic hydroxyl groups is 5. The van der Waals surface area contributed by atoms with Crippen molar-refractivity contribution in [2.24, 2.45) is 0 Å². The summed E-state index contributed by atoms with van der Waals surface area (Å²) in [5, 5.41) is 52.4. The maximum Gasteiger partial charge on any atom is 0.224 e. The molecule has 1 saturated heterocycles. The second-order valence-corrected chi connectivity index (χ2v) is 9.00. The molecule has 2 aromatic carbocycles. The van der Waals surface area contributed by atoms with E-state index in [0.29, 0.717) is 17.1 Å². The van der Waals surface area contributed by atoms with Crippen LogP contribution >= 0.6 is 0 Å². The minimum atomic E-state index is -2.04. The molecule has 0 radical (unpaired) electrons. The van der Waals surface area contributed by atoms with Gasteiger partial charge in [0.2, 0.25) is 5.91 Å². The number of alkyl halides is 1. The van der Waals surface area contributed by atoms with E-state index in [1.807, 2.05) is 0 Å². The number of aliphatic hydroxyl groups excluding tert-OH is 5. The highest BCUT2D eigenvalue weighted by molar-refractivity contribution is 5.79. The molecule has 10 nitrogen and oxygen atoms in total. The summed E-state index contributed by atoms with van der Waals surface area (Å²) in [4.78, 5) is 12.7. The molecular formula is C26H33F2NO9. The van der Waals surface area contributed by atoms with E-state index in [1.165, 1.54) is 24.3 Å². The van der Waals surface area contributed by atoms with E-state index in [-0.39, 0.29) is 18.7 Å². The van der Waals surface area contributed by atoms with E-state index in [9.17, 15) is 39.1 Å². The summed E-state index contributed by atoms with van der Waals surface area (Å²) in [6.07, 6.45) is -11.3. The summed E-state index contributed by atoms with van der Waals surface area (Å²) in [6.45, 7) is 0.397. The van der Waals surface area contributed by atoms with Crippen molar-refractivity contribution in [1.82, 2.24) is 5.32 Å². The molecule has 3 rings (SSSR count). The highest BCUT2D eigenvalue weighted by Gasteiger charge is 2.45. The summed E-state index contributed by atoms with van der Waals surface area (Å²) in [5.74, 6) is 0.00531. The predicted molar refractivity (Wildman–Crippen MR) is 129 cm³/mol. The third kappa shape index (κ3) is 7.90.